The van der Waals surface area contributed by atoms with E-state index >= 15 is 0 Å². The second kappa shape index (κ2) is 5.83. The van der Waals surface area contributed by atoms with Crippen molar-refractivity contribution in [1.82, 2.24) is 9.97 Å². The Kier molecular flexibility index (Phi) is 4.16. The zero-order valence-corrected chi connectivity index (χ0v) is 10.6. The highest BCUT2D eigenvalue weighted by molar-refractivity contribution is 5.62. The van der Waals surface area contributed by atoms with Crippen LogP contribution < -0.4 is 21.3 Å². The minimum atomic E-state index is 0.275. The fraction of sp³-hybridized carbons (Fsp3) is 0.636. The maximum atomic E-state index is 5.52. The summed E-state index contributed by atoms with van der Waals surface area (Å²) >= 11 is 0. The van der Waals surface area contributed by atoms with E-state index in [1.807, 2.05) is 0 Å². The zero-order valence-electron chi connectivity index (χ0n) is 10.6. The third-order valence-electron chi connectivity index (χ3n) is 3.21. The first-order valence-electron chi connectivity index (χ1n) is 5.97. The summed E-state index contributed by atoms with van der Waals surface area (Å²) in [5, 5.41) is 3.26. The van der Waals surface area contributed by atoms with Crippen LogP contribution in [-0.4, -0.2) is 36.3 Å². The van der Waals surface area contributed by atoms with Crippen LogP contribution in [0.25, 0.3) is 0 Å². The average molecular weight is 253 g/mol. The number of ether oxygens (including phenoxy) is 2. The van der Waals surface area contributed by atoms with E-state index in [0.717, 1.165) is 19.6 Å². The van der Waals surface area contributed by atoms with Crippen LogP contribution in [0.15, 0.2) is 6.33 Å². The molecule has 1 saturated heterocycles. The molecule has 2 heterocycles. The van der Waals surface area contributed by atoms with Gasteiger partial charge in [-0.3, -0.25) is 0 Å². The van der Waals surface area contributed by atoms with Gasteiger partial charge in [-0.25, -0.2) is 15.8 Å². The van der Waals surface area contributed by atoms with E-state index in [9.17, 15) is 0 Å². The molecule has 0 saturated carbocycles. The summed E-state index contributed by atoms with van der Waals surface area (Å²) in [4.78, 5) is 8.15. The number of hydrogen-bond acceptors (Lipinski definition) is 7. The van der Waals surface area contributed by atoms with Crippen LogP contribution in [0.2, 0.25) is 0 Å². The van der Waals surface area contributed by atoms with Crippen molar-refractivity contribution in [3.05, 3.63) is 6.33 Å². The van der Waals surface area contributed by atoms with Gasteiger partial charge in [0.1, 0.15) is 6.33 Å². The molecule has 0 radical (unpaired) electrons. The molecule has 18 heavy (non-hydrogen) atoms. The Bertz CT molecular complexity index is 401. The Labute approximate surface area is 106 Å². The second-order valence-corrected chi connectivity index (χ2v) is 4.25. The molecule has 1 aliphatic rings. The van der Waals surface area contributed by atoms with Crippen LogP contribution in [0.5, 0.6) is 5.75 Å². The van der Waals surface area contributed by atoms with Crippen LogP contribution in [0.3, 0.4) is 0 Å². The number of nitrogens with zero attached hydrogens (tertiary/aromatic N) is 2. The summed E-state index contributed by atoms with van der Waals surface area (Å²) in [7, 11) is 1.56. The molecule has 2 rings (SSSR count). The van der Waals surface area contributed by atoms with E-state index in [1.165, 1.54) is 6.33 Å². The molecule has 0 amide bonds. The van der Waals surface area contributed by atoms with Gasteiger partial charge in [0, 0.05) is 19.1 Å². The lowest BCUT2D eigenvalue weighted by Crippen LogP contribution is -2.22. The monoisotopic (exact) mass is 253 g/mol. The standard InChI is InChI=1S/C11H19N5O2/c1-7-8(3-4-18-7)5-13-10-9(17-2)11(16-12)15-6-14-10/h6-8H,3-5,12H2,1-2H3,(H2,13,14,15,16). The number of nitrogens with one attached hydrogen (secondary N) is 2. The van der Waals surface area contributed by atoms with Crippen molar-refractivity contribution in [2.75, 3.05) is 31.0 Å². The fourth-order valence-corrected chi connectivity index (χ4v) is 2.07. The number of anilines is 2. The summed E-state index contributed by atoms with van der Waals surface area (Å²) in [6, 6.07) is 0. The molecule has 0 aliphatic carbocycles. The lowest BCUT2D eigenvalue weighted by molar-refractivity contribution is 0.108. The second-order valence-electron chi connectivity index (χ2n) is 4.25. The summed E-state index contributed by atoms with van der Waals surface area (Å²) < 4.78 is 10.8. The van der Waals surface area contributed by atoms with Gasteiger partial charge in [-0.15, -0.1) is 0 Å². The van der Waals surface area contributed by atoms with Gasteiger partial charge in [-0.1, -0.05) is 0 Å². The third-order valence-corrected chi connectivity index (χ3v) is 3.21. The predicted molar refractivity (Wildman–Crippen MR) is 68.4 cm³/mol. The number of nitrogen functional groups attached to an aromatic ring is 1. The van der Waals surface area contributed by atoms with Gasteiger partial charge in [0.15, 0.2) is 11.6 Å². The normalized spacial score (nSPS) is 22.8. The van der Waals surface area contributed by atoms with Gasteiger partial charge in [-0.2, -0.15) is 0 Å². The lowest BCUT2D eigenvalue weighted by atomic mass is 10.0. The summed E-state index contributed by atoms with van der Waals surface area (Å²) in [5.74, 6) is 7.47. The molecule has 1 aromatic rings. The molecule has 1 aliphatic heterocycles. The van der Waals surface area contributed by atoms with Crippen molar-refractivity contribution in [3.8, 4) is 5.75 Å². The smallest absolute Gasteiger partial charge is 0.205 e. The van der Waals surface area contributed by atoms with E-state index in [0.29, 0.717) is 23.3 Å². The minimum Gasteiger partial charge on any atom is -0.490 e. The number of nitrogens with two attached hydrogens (primary N) is 1. The van der Waals surface area contributed by atoms with Crippen molar-refractivity contribution in [1.29, 1.82) is 0 Å². The highest BCUT2D eigenvalue weighted by Crippen LogP contribution is 2.29. The molecule has 7 heteroatoms. The van der Waals surface area contributed by atoms with Gasteiger partial charge in [0.2, 0.25) is 5.75 Å². The van der Waals surface area contributed by atoms with Crippen molar-refractivity contribution >= 4 is 11.6 Å². The summed E-state index contributed by atoms with van der Waals surface area (Å²) in [5.41, 5.74) is 2.48. The van der Waals surface area contributed by atoms with Crippen LogP contribution in [0, 0.1) is 5.92 Å². The van der Waals surface area contributed by atoms with E-state index < -0.39 is 0 Å². The number of aromatic nitrogens is 2. The molecule has 0 bridgehead atoms. The highest BCUT2D eigenvalue weighted by atomic mass is 16.5. The summed E-state index contributed by atoms with van der Waals surface area (Å²) in [6.45, 7) is 3.70. The van der Waals surface area contributed by atoms with Gasteiger partial charge < -0.3 is 20.2 Å². The zero-order chi connectivity index (χ0) is 13.0. The molecule has 1 fully saturated rings. The lowest BCUT2D eigenvalue weighted by Gasteiger charge is -2.17. The molecular weight excluding hydrogens is 234 g/mol. The number of hydrazine groups is 1. The molecule has 0 spiro atoms. The van der Waals surface area contributed by atoms with Crippen LogP contribution in [0.4, 0.5) is 11.6 Å². The van der Waals surface area contributed by atoms with E-state index in [4.69, 9.17) is 15.3 Å². The highest BCUT2D eigenvalue weighted by Gasteiger charge is 2.24. The van der Waals surface area contributed by atoms with Crippen molar-refractivity contribution in [3.63, 3.8) is 0 Å². The predicted octanol–water partition coefficient (Wildman–Crippen LogP) is 0.608. The Morgan fingerprint density at radius 3 is 2.89 bits per heavy atom. The fourth-order valence-electron chi connectivity index (χ4n) is 2.07. The number of hydrogen-bond donors (Lipinski definition) is 3. The van der Waals surface area contributed by atoms with Crippen molar-refractivity contribution in [2.45, 2.75) is 19.4 Å². The topological polar surface area (TPSA) is 94.3 Å². The Hall–Kier alpha value is -1.60. The van der Waals surface area contributed by atoms with Crippen molar-refractivity contribution < 1.29 is 9.47 Å². The van der Waals surface area contributed by atoms with Gasteiger partial charge in [0.05, 0.1) is 13.2 Å². The third kappa shape index (κ3) is 2.62. The molecule has 1 aromatic heterocycles. The van der Waals surface area contributed by atoms with Crippen molar-refractivity contribution in [2.24, 2.45) is 11.8 Å². The maximum Gasteiger partial charge on any atom is 0.205 e. The van der Waals surface area contributed by atoms with Gasteiger partial charge in [0.25, 0.3) is 0 Å². The van der Waals surface area contributed by atoms with Crippen LogP contribution >= 0.6 is 0 Å². The molecule has 2 atom stereocenters. The molecule has 100 valence electrons. The van der Waals surface area contributed by atoms with E-state index in [-0.39, 0.29) is 6.10 Å². The number of methoxy groups -OCH3 is 1. The first-order valence-corrected chi connectivity index (χ1v) is 5.97. The summed E-state index contributed by atoms with van der Waals surface area (Å²) in [6.07, 6.45) is 2.77. The average Bonchev–Trinajstić information content (AvgIpc) is 2.81. The maximum absolute atomic E-state index is 5.52. The van der Waals surface area contributed by atoms with Gasteiger partial charge >= 0.3 is 0 Å². The Balaban J connectivity index is 2.04. The minimum absolute atomic E-state index is 0.275. The quantitative estimate of drug-likeness (QED) is 0.522. The van der Waals surface area contributed by atoms with Crippen LogP contribution in [0.1, 0.15) is 13.3 Å². The molecule has 4 N–H and O–H groups in total. The first-order chi connectivity index (χ1) is 8.76. The number of rotatable bonds is 5. The Morgan fingerprint density at radius 1 is 1.50 bits per heavy atom. The molecule has 0 aromatic carbocycles. The first kappa shape index (κ1) is 12.8. The van der Waals surface area contributed by atoms with Crippen LogP contribution in [-0.2, 0) is 4.74 Å². The largest absolute Gasteiger partial charge is 0.490 e. The Morgan fingerprint density at radius 2 is 2.28 bits per heavy atom. The SMILES string of the molecule is COc1c(NN)ncnc1NCC1CCOC1C. The molecule has 7 nitrogen and oxygen atoms in total. The molecular formula is C11H19N5O2. The molecule has 2 unspecified atom stereocenters. The van der Waals surface area contributed by atoms with E-state index in [2.05, 4.69) is 27.6 Å². The van der Waals surface area contributed by atoms with E-state index in [1.54, 1.807) is 7.11 Å². The van der Waals surface area contributed by atoms with Gasteiger partial charge in [-0.05, 0) is 13.3 Å².